The summed E-state index contributed by atoms with van der Waals surface area (Å²) in [5.74, 6) is 5.02. The van der Waals surface area contributed by atoms with Gasteiger partial charge < -0.3 is 5.11 Å². The molecule has 0 spiro atoms. The van der Waals surface area contributed by atoms with Crippen LogP contribution in [0.1, 0.15) is 50.2 Å². The second-order valence-corrected chi connectivity index (χ2v) is 11.8. The number of carbonyl (C=O) groups excluding carboxylic acids is 1. The molecule has 1 aromatic heterocycles. The van der Waals surface area contributed by atoms with Crippen molar-refractivity contribution in [1.82, 2.24) is 20.4 Å². The van der Waals surface area contributed by atoms with E-state index in [0.29, 0.717) is 22.3 Å². The number of nitrogens with one attached hydrogen (secondary N) is 1. The molecule has 1 amide bonds. The summed E-state index contributed by atoms with van der Waals surface area (Å²) in [6.45, 7) is 2.13. The number of phenolic OH excluding ortho intramolecular Hbond substituents is 1. The zero-order chi connectivity index (χ0) is 26.2. The van der Waals surface area contributed by atoms with Crippen LogP contribution >= 0.6 is 0 Å². The Kier molecular flexibility index (Phi) is 6.47. The van der Waals surface area contributed by atoms with Crippen LogP contribution in [0.25, 0.3) is 16.7 Å². The SMILES string of the molecule is CC1(c2cc(CC(=O)NN)cc(-n3nc4ccc(S(=O)(=O)c5ccccc5)cc4n3)c2O)CCCCC1. The minimum absolute atomic E-state index is 0.0348. The third-order valence-electron chi connectivity index (χ3n) is 7.21. The number of aromatic hydroxyl groups is 1. The molecule has 0 aliphatic heterocycles. The number of aromatic nitrogens is 3. The third kappa shape index (κ3) is 4.70. The Morgan fingerprint density at radius 1 is 1.00 bits per heavy atom. The summed E-state index contributed by atoms with van der Waals surface area (Å²) in [5.41, 5.74) is 4.49. The number of nitrogens with zero attached hydrogens (tertiary/aromatic N) is 3. The highest BCUT2D eigenvalue weighted by Gasteiger charge is 2.33. The van der Waals surface area contributed by atoms with E-state index in [1.54, 1.807) is 42.5 Å². The lowest BCUT2D eigenvalue weighted by molar-refractivity contribution is -0.120. The molecule has 1 aliphatic rings. The monoisotopic (exact) mass is 519 g/mol. The number of hydrazine groups is 1. The van der Waals surface area contributed by atoms with Gasteiger partial charge in [-0.3, -0.25) is 10.2 Å². The van der Waals surface area contributed by atoms with E-state index in [4.69, 9.17) is 5.84 Å². The number of rotatable bonds is 6. The van der Waals surface area contributed by atoms with Gasteiger partial charge in [0.05, 0.1) is 16.2 Å². The fourth-order valence-electron chi connectivity index (χ4n) is 5.13. The summed E-state index contributed by atoms with van der Waals surface area (Å²) >= 11 is 0. The van der Waals surface area contributed by atoms with Gasteiger partial charge in [0.1, 0.15) is 22.5 Å². The van der Waals surface area contributed by atoms with Crippen LogP contribution in [0.5, 0.6) is 5.75 Å². The first-order valence-electron chi connectivity index (χ1n) is 12.2. The second-order valence-electron chi connectivity index (χ2n) is 9.83. The number of carbonyl (C=O) groups is 1. The molecule has 4 aromatic rings. The van der Waals surface area contributed by atoms with Crippen LogP contribution in [0.15, 0.2) is 70.5 Å². The first-order valence-corrected chi connectivity index (χ1v) is 13.7. The van der Waals surface area contributed by atoms with Gasteiger partial charge in [0.15, 0.2) is 0 Å². The molecule has 1 saturated carbocycles. The van der Waals surface area contributed by atoms with Crippen molar-refractivity contribution in [3.63, 3.8) is 0 Å². The summed E-state index contributed by atoms with van der Waals surface area (Å²) in [5, 5.41) is 20.4. The van der Waals surface area contributed by atoms with Gasteiger partial charge in [-0.05, 0) is 60.2 Å². The van der Waals surface area contributed by atoms with E-state index in [2.05, 4.69) is 22.5 Å². The maximum Gasteiger partial charge on any atom is 0.238 e. The Morgan fingerprint density at radius 2 is 1.70 bits per heavy atom. The van der Waals surface area contributed by atoms with E-state index in [-0.39, 0.29) is 33.3 Å². The molecule has 0 unspecified atom stereocenters. The highest BCUT2D eigenvalue weighted by atomic mass is 32.2. The van der Waals surface area contributed by atoms with E-state index >= 15 is 0 Å². The molecule has 0 saturated heterocycles. The van der Waals surface area contributed by atoms with Gasteiger partial charge in [-0.1, -0.05) is 50.5 Å². The normalized spacial score (nSPS) is 15.5. The number of hydrogen-bond acceptors (Lipinski definition) is 7. The van der Waals surface area contributed by atoms with Crippen LogP contribution in [0.4, 0.5) is 0 Å². The van der Waals surface area contributed by atoms with E-state index in [1.165, 1.54) is 16.9 Å². The van der Waals surface area contributed by atoms with Crippen molar-refractivity contribution in [1.29, 1.82) is 0 Å². The average Bonchev–Trinajstić information content (AvgIpc) is 3.33. The van der Waals surface area contributed by atoms with E-state index in [1.807, 2.05) is 6.07 Å². The Balaban J connectivity index is 1.62. The number of phenols is 1. The average molecular weight is 520 g/mol. The maximum absolute atomic E-state index is 13.1. The van der Waals surface area contributed by atoms with Gasteiger partial charge in [0.25, 0.3) is 0 Å². The molecule has 4 N–H and O–H groups in total. The molecule has 0 atom stereocenters. The molecule has 5 rings (SSSR count). The molecular weight excluding hydrogens is 490 g/mol. The molecule has 0 radical (unpaired) electrons. The molecule has 9 nitrogen and oxygen atoms in total. The molecule has 10 heteroatoms. The minimum Gasteiger partial charge on any atom is -0.505 e. The number of benzene rings is 3. The predicted molar refractivity (Wildman–Crippen MR) is 139 cm³/mol. The summed E-state index contributed by atoms with van der Waals surface area (Å²) in [6.07, 6.45) is 5.14. The highest BCUT2D eigenvalue weighted by molar-refractivity contribution is 7.91. The van der Waals surface area contributed by atoms with E-state index < -0.39 is 9.84 Å². The van der Waals surface area contributed by atoms with Crippen molar-refractivity contribution in [2.24, 2.45) is 5.84 Å². The fraction of sp³-hybridized carbons (Fsp3) is 0.296. The lowest BCUT2D eigenvalue weighted by Crippen LogP contribution is -2.31. The van der Waals surface area contributed by atoms with Crippen molar-refractivity contribution in [3.8, 4) is 11.4 Å². The summed E-state index contributed by atoms with van der Waals surface area (Å²) < 4.78 is 26.2. The predicted octanol–water partition coefficient (Wildman–Crippen LogP) is 3.71. The van der Waals surface area contributed by atoms with Crippen LogP contribution in [0.2, 0.25) is 0 Å². The van der Waals surface area contributed by atoms with Crippen molar-refractivity contribution in [2.75, 3.05) is 0 Å². The lowest BCUT2D eigenvalue weighted by atomic mass is 9.70. The lowest BCUT2D eigenvalue weighted by Gasteiger charge is -2.35. The van der Waals surface area contributed by atoms with Crippen LogP contribution in [0.3, 0.4) is 0 Å². The van der Waals surface area contributed by atoms with Gasteiger partial charge in [0.2, 0.25) is 15.7 Å². The number of sulfone groups is 1. The summed E-state index contributed by atoms with van der Waals surface area (Å²) in [4.78, 5) is 13.7. The van der Waals surface area contributed by atoms with Crippen molar-refractivity contribution in [3.05, 3.63) is 71.8 Å². The third-order valence-corrected chi connectivity index (χ3v) is 8.98. The fourth-order valence-corrected chi connectivity index (χ4v) is 6.44. The first-order chi connectivity index (χ1) is 17.7. The van der Waals surface area contributed by atoms with Gasteiger partial charge in [0, 0.05) is 5.56 Å². The van der Waals surface area contributed by atoms with Crippen molar-refractivity contribution >= 4 is 26.8 Å². The highest BCUT2D eigenvalue weighted by Crippen LogP contribution is 2.45. The van der Waals surface area contributed by atoms with Crippen molar-refractivity contribution < 1.29 is 18.3 Å². The van der Waals surface area contributed by atoms with Gasteiger partial charge in [-0.2, -0.15) is 0 Å². The molecule has 1 aliphatic carbocycles. The van der Waals surface area contributed by atoms with Gasteiger partial charge in [-0.25, -0.2) is 14.3 Å². The molecule has 192 valence electrons. The standard InChI is InChI=1S/C27H29N5O4S/c1-27(12-6-3-7-13-27)21-14-18(16-25(33)29-28)15-24(26(21)34)32-30-22-11-10-20(17-23(22)31-32)37(35,36)19-8-4-2-5-9-19/h2,4-5,8-11,14-15,17,34H,3,6-7,12-13,16,28H2,1H3,(H,29,33). The summed E-state index contributed by atoms with van der Waals surface area (Å²) in [7, 11) is -3.73. The van der Waals surface area contributed by atoms with Gasteiger partial charge in [-0.15, -0.1) is 15.0 Å². The molecule has 1 heterocycles. The zero-order valence-electron chi connectivity index (χ0n) is 20.5. The zero-order valence-corrected chi connectivity index (χ0v) is 21.3. The maximum atomic E-state index is 13.1. The van der Waals surface area contributed by atoms with Gasteiger partial charge >= 0.3 is 0 Å². The number of amides is 1. The molecule has 37 heavy (non-hydrogen) atoms. The van der Waals surface area contributed by atoms with Crippen LogP contribution in [-0.2, 0) is 26.5 Å². The Morgan fingerprint density at radius 3 is 2.41 bits per heavy atom. The van der Waals surface area contributed by atoms with Crippen LogP contribution in [-0.4, -0.2) is 34.4 Å². The van der Waals surface area contributed by atoms with E-state index in [0.717, 1.165) is 37.7 Å². The Labute approximate surface area is 215 Å². The van der Waals surface area contributed by atoms with Crippen molar-refractivity contribution in [2.45, 2.75) is 60.7 Å². The second kappa shape index (κ2) is 9.60. The topological polar surface area (TPSA) is 140 Å². The number of hydrogen-bond donors (Lipinski definition) is 3. The molecule has 1 fully saturated rings. The number of fused-ring (bicyclic) bond motifs is 1. The Hall–Kier alpha value is -3.76. The smallest absolute Gasteiger partial charge is 0.238 e. The largest absolute Gasteiger partial charge is 0.505 e. The summed E-state index contributed by atoms with van der Waals surface area (Å²) in [6, 6.07) is 16.3. The minimum atomic E-state index is -3.73. The van der Waals surface area contributed by atoms with E-state index in [9.17, 15) is 18.3 Å². The van der Waals surface area contributed by atoms with Crippen LogP contribution in [0, 0.1) is 0 Å². The van der Waals surface area contributed by atoms with Crippen LogP contribution < -0.4 is 11.3 Å². The molecule has 0 bridgehead atoms. The molecular formula is C27H29N5O4S. The number of nitrogens with two attached hydrogens (primary N) is 1. The molecule has 3 aromatic carbocycles. The Bertz CT molecular complexity index is 1580. The first kappa shape index (κ1) is 24.9. The quantitative estimate of drug-likeness (QED) is 0.200.